The fourth-order valence-electron chi connectivity index (χ4n) is 3.87. The van der Waals surface area contributed by atoms with Gasteiger partial charge in [0, 0.05) is 30.0 Å². The van der Waals surface area contributed by atoms with E-state index < -0.39 is 0 Å². The van der Waals surface area contributed by atoms with Crippen LogP contribution in [0.5, 0.6) is 0 Å². The van der Waals surface area contributed by atoms with Gasteiger partial charge < -0.3 is 11.1 Å². The maximum Gasteiger partial charge on any atom is 0.145 e. The number of nitrogens with zero attached hydrogens (tertiary/aromatic N) is 3. The highest BCUT2D eigenvalue weighted by Gasteiger charge is 2.19. The SMILES string of the molecule is NC1CCC(Cc2cc(-c3cncc(NCc4cccc(F)c4)n3)ccn2)CC1. The van der Waals surface area contributed by atoms with E-state index in [1.54, 1.807) is 18.5 Å². The molecule has 1 aromatic carbocycles. The average molecular weight is 391 g/mol. The summed E-state index contributed by atoms with van der Waals surface area (Å²) < 4.78 is 13.3. The minimum Gasteiger partial charge on any atom is -0.365 e. The van der Waals surface area contributed by atoms with Crippen molar-refractivity contribution in [3.05, 3.63) is 72.1 Å². The Balaban J connectivity index is 1.43. The molecule has 0 unspecified atom stereocenters. The molecule has 1 saturated carbocycles. The summed E-state index contributed by atoms with van der Waals surface area (Å²) in [6.07, 6.45) is 10.8. The largest absolute Gasteiger partial charge is 0.365 e. The number of rotatable bonds is 6. The van der Waals surface area contributed by atoms with Crippen LogP contribution in [0.2, 0.25) is 0 Å². The number of aromatic nitrogens is 3. The number of hydrogen-bond donors (Lipinski definition) is 2. The van der Waals surface area contributed by atoms with Crippen LogP contribution in [-0.2, 0) is 13.0 Å². The van der Waals surface area contributed by atoms with E-state index >= 15 is 0 Å². The molecule has 1 aliphatic rings. The summed E-state index contributed by atoms with van der Waals surface area (Å²) in [4.78, 5) is 13.5. The molecular formula is C23H26FN5. The quantitative estimate of drug-likeness (QED) is 0.653. The van der Waals surface area contributed by atoms with Gasteiger partial charge in [-0.1, -0.05) is 12.1 Å². The van der Waals surface area contributed by atoms with Crippen LogP contribution in [0.25, 0.3) is 11.3 Å². The summed E-state index contributed by atoms with van der Waals surface area (Å²) >= 11 is 0. The van der Waals surface area contributed by atoms with Gasteiger partial charge in [-0.15, -0.1) is 0 Å². The van der Waals surface area contributed by atoms with Crippen LogP contribution in [0.15, 0.2) is 55.0 Å². The number of halogens is 1. The highest BCUT2D eigenvalue weighted by atomic mass is 19.1. The van der Waals surface area contributed by atoms with Crippen molar-refractivity contribution in [1.82, 2.24) is 15.0 Å². The molecule has 1 fully saturated rings. The second-order valence-electron chi connectivity index (χ2n) is 7.79. The minimum atomic E-state index is -0.242. The van der Waals surface area contributed by atoms with E-state index in [9.17, 15) is 4.39 Å². The summed E-state index contributed by atoms with van der Waals surface area (Å²) in [5.41, 5.74) is 9.76. The smallest absolute Gasteiger partial charge is 0.145 e. The van der Waals surface area contributed by atoms with Crippen LogP contribution in [0.3, 0.4) is 0 Å². The summed E-state index contributed by atoms with van der Waals surface area (Å²) in [6, 6.07) is 11.0. The number of anilines is 1. The first-order chi connectivity index (χ1) is 14.2. The zero-order valence-electron chi connectivity index (χ0n) is 16.4. The number of nitrogens with one attached hydrogen (secondary N) is 1. The van der Waals surface area contributed by atoms with E-state index in [0.717, 1.165) is 41.8 Å². The molecule has 0 spiro atoms. The lowest BCUT2D eigenvalue weighted by Crippen LogP contribution is -2.27. The zero-order chi connectivity index (χ0) is 20.1. The first-order valence-corrected chi connectivity index (χ1v) is 10.2. The molecule has 6 heteroatoms. The van der Waals surface area contributed by atoms with E-state index in [-0.39, 0.29) is 5.82 Å². The Labute approximate surface area is 170 Å². The van der Waals surface area contributed by atoms with Crippen LogP contribution < -0.4 is 11.1 Å². The molecule has 0 amide bonds. The third-order valence-electron chi connectivity index (χ3n) is 5.50. The molecule has 0 atom stereocenters. The summed E-state index contributed by atoms with van der Waals surface area (Å²) in [5, 5.41) is 3.21. The molecule has 150 valence electrons. The van der Waals surface area contributed by atoms with Crippen molar-refractivity contribution >= 4 is 5.82 Å². The second-order valence-corrected chi connectivity index (χ2v) is 7.79. The Hall–Kier alpha value is -2.86. The molecule has 4 rings (SSSR count). The molecule has 0 aliphatic heterocycles. The van der Waals surface area contributed by atoms with Gasteiger partial charge in [0.1, 0.15) is 11.6 Å². The van der Waals surface area contributed by atoms with Gasteiger partial charge >= 0.3 is 0 Å². The average Bonchev–Trinajstić information content (AvgIpc) is 2.74. The maximum absolute atomic E-state index is 13.3. The van der Waals surface area contributed by atoms with E-state index in [4.69, 9.17) is 5.73 Å². The fourth-order valence-corrected chi connectivity index (χ4v) is 3.87. The number of nitrogens with two attached hydrogens (primary N) is 1. The summed E-state index contributed by atoms with van der Waals surface area (Å²) in [6.45, 7) is 0.487. The molecular weight excluding hydrogens is 365 g/mol. The van der Waals surface area contributed by atoms with E-state index in [1.807, 2.05) is 18.3 Å². The van der Waals surface area contributed by atoms with E-state index in [1.165, 1.54) is 25.0 Å². The van der Waals surface area contributed by atoms with Gasteiger partial charge in [0.15, 0.2) is 0 Å². The Morgan fingerprint density at radius 3 is 2.76 bits per heavy atom. The van der Waals surface area contributed by atoms with Gasteiger partial charge in [0.25, 0.3) is 0 Å². The molecule has 3 N–H and O–H groups in total. The van der Waals surface area contributed by atoms with Crippen molar-refractivity contribution in [1.29, 1.82) is 0 Å². The number of pyridine rings is 1. The normalized spacial score (nSPS) is 19.1. The lowest BCUT2D eigenvalue weighted by molar-refractivity contribution is 0.323. The maximum atomic E-state index is 13.3. The predicted octanol–water partition coefficient (Wildman–Crippen LogP) is 4.35. The van der Waals surface area contributed by atoms with Gasteiger partial charge in [-0.25, -0.2) is 9.37 Å². The van der Waals surface area contributed by atoms with Gasteiger partial charge in [0.2, 0.25) is 0 Å². The lowest BCUT2D eigenvalue weighted by Gasteiger charge is -2.25. The molecule has 5 nitrogen and oxygen atoms in total. The Bertz CT molecular complexity index is 953. The monoisotopic (exact) mass is 391 g/mol. The molecule has 2 heterocycles. The zero-order valence-corrected chi connectivity index (χ0v) is 16.4. The predicted molar refractivity (Wildman–Crippen MR) is 113 cm³/mol. The molecule has 0 bridgehead atoms. The van der Waals surface area contributed by atoms with Crippen LogP contribution in [-0.4, -0.2) is 21.0 Å². The second kappa shape index (κ2) is 9.09. The lowest BCUT2D eigenvalue weighted by atomic mass is 9.83. The molecule has 0 saturated heterocycles. The van der Waals surface area contributed by atoms with Gasteiger partial charge in [-0.05, 0) is 67.9 Å². The first kappa shape index (κ1) is 19.5. The van der Waals surface area contributed by atoms with Crippen molar-refractivity contribution in [2.75, 3.05) is 5.32 Å². The van der Waals surface area contributed by atoms with E-state index in [0.29, 0.717) is 24.3 Å². The Morgan fingerprint density at radius 1 is 1.07 bits per heavy atom. The topological polar surface area (TPSA) is 76.7 Å². The third-order valence-corrected chi connectivity index (χ3v) is 5.50. The van der Waals surface area contributed by atoms with Crippen LogP contribution in [0.1, 0.15) is 36.9 Å². The highest BCUT2D eigenvalue weighted by Crippen LogP contribution is 2.27. The number of benzene rings is 1. The molecule has 0 radical (unpaired) electrons. The van der Waals surface area contributed by atoms with Gasteiger partial charge in [-0.3, -0.25) is 9.97 Å². The van der Waals surface area contributed by atoms with Crippen LogP contribution >= 0.6 is 0 Å². The molecule has 2 aromatic heterocycles. The van der Waals surface area contributed by atoms with Crippen molar-refractivity contribution in [3.63, 3.8) is 0 Å². The van der Waals surface area contributed by atoms with Gasteiger partial charge in [0.05, 0.1) is 18.1 Å². The third kappa shape index (κ3) is 5.35. The summed E-state index contributed by atoms with van der Waals surface area (Å²) in [7, 11) is 0. The molecule has 29 heavy (non-hydrogen) atoms. The van der Waals surface area contributed by atoms with Crippen molar-refractivity contribution < 1.29 is 4.39 Å². The highest BCUT2D eigenvalue weighted by molar-refractivity contribution is 5.60. The minimum absolute atomic E-state index is 0.242. The fraction of sp³-hybridized carbons (Fsp3) is 0.348. The van der Waals surface area contributed by atoms with Crippen LogP contribution in [0.4, 0.5) is 10.2 Å². The molecule has 3 aromatic rings. The first-order valence-electron chi connectivity index (χ1n) is 10.2. The summed E-state index contributed by atoms with van der Waals surface area (Å²) in [5.74, 6) is 1.07. The van der Waals surface area contributed by atoms with E-state index in [2.05, 4.69) is 26.3 Å². The standard InChI is InChI=1S/C23H26FN5/c24-19-3-1-2-17(10-19)13-28-23-15-26-14-22(29-23)18-8-9-27-21(12-18)11-16-4-6-20(25)7-5-16/h1-3,8-10,12,14-16,20H,4-7,11,13,25H2,(H,28,29). The number of hydrogen-bond acceptors (Lipinski definition) is 5. The van der Waals surface area contributed by atoms with Crippen molar-refractivity contribution in [2.45, 2.75) is 44.7 Å². The Morgan fingerprint density at radius 2 is 1.93 bits per heavy atom. The molecule has 1 aliphatic carbocycles. The van der Waals surface area contributed by atoms with Crippen molar-refractivity contribution in [2.24, 2.45) is 11.7 Å². The van der Waals surface area contributed by atoms with Crippen molar-refractivity contribution in [3.8, 4) is 11.3 Å². The Kier molecular flexibility index (Phi) is 6.10. The van der Waals surface area contributed by atoms with Crippen LogP contribution in [0, 0.1) is 11.7 Å². The van der Waals surface area contributed by atoms with Gasteiger partial charge in [-0.2, -0.15) is 0 Å².